The largest absolute Gasteiger partial charge is 0.455 e. The molecule has 370 valence electrons. The third-order valence-corrected chi connectivity index (χ3v) is 29.6. The molecule has 11 bridgehead atoms. The summed E-state index contributed by atoms with van der Waals surface area (Å²) < 4.78 is 13.5. The highest BCUT2D eigenvalue weighted by Crippen LogP contribution is 2.84. The monoisotopic (exact) mass is 986 g/mol. The Hall–Kier alpha value is -5.56. The van der Waals surface area contributed by atoms with E-state index in [0.717, 1.165) is 58.5 Å². The first-order valence-corrected chi connectivity index (χ1v) is 31.3. The van der Waals surface area contributed by atoms with Gasteiger partial charge >= 0.3 is 0 Å². The number of furan rings is 1. The van der Waals surface area contributed by atoms with Crippen LogP contribution in [0.4, 0.5) is 0 Å². The van der Waals surface area contributed by atoms with Crippen molar-refractivity contribution in [1.29, 1.82) is 0 Å². The van der Waals surface area contributed by atoms with E-state index in [0.29, 0.717) is 63.6 Å². The highest BCUT2D eigenvalue weighted by molar-refractivity contribution is 6.40. The molecule has 11 aromatic rings. The average molecular weight is 987 g/mol. The minimum Gasteiger partial charge on any atom is -0.455 e. The first-order chi connectivity index (χ1) is 37.5. The number of fused-ring (bicyclic) bond motifs is 33. The Labute approximate surface area is 437 Å². The number of rotatable bonds is 0. The predicted molar refractivity (Wildman–Crippen MR) is 294 cm³/mol. The molecule has 7 heteroatoms. The number of hydrogen-bond donors (Lipinski definition) is 0. The van der Waals surface area contributed by atoms with Crippen molar-refractivity contribution in [3.63, 3.8) is 0 Å². The van der Waals surface area contributed by atoms with Gasteiger partial charge in [-0.15, -0.1) is 0 Å². The van der Waals surface area contributed by atoms with Crippen molar-refractivity contribution in [2.24, 2.45) is 63.6 Å². The predicted octanol–water partition coefficient (Wildman–Crippen LogP) is 16.2. The summed E-state index contributed by atoms with van der Waals surface area (Å²) in [7, 11) is 0. The Morgan fingerprint density at radius 1 is 0.382 bits per heavy atom. The van der Waals surface area contributed by atoms with Gasteiger partial charge in [0.05, 0.1) is 63.3 Å². The fourth-order valence-electron chi connectivity index (χ4n) is 27.6. The maximum absolute atomic E-state index is 8.05. The lowest BCUT2D eigenvalue weighted by Gasteiger charge is -2.67. The first kappa shape index (κ1) is 37.3. The maximum Gasteiger partial charge on any atom is 0.145 e. The molecule has 7 nitrogen and oxygen atoms in total. The molecule has 17 atom stereocenters. The SMILES string of the molecule is c1c2c(oc3cc4c5c6c(ncc5n5c7cnc8c(c7c(c32)c45)C2CC3CC4CC8CC43C2)C2CC3CC4CC6CC432)c2c3c4c(ncc3n3c5cnc6c(c5c1c23)C1CC2CC3CC6C23C1)C1CC2CC(C1)CC4C2. The van der Waals surface area contributed by atoms with Crippen LogP contribution in [0, 0.1) is 63.6 Å². The molecule has 76 heavy (non-hydrogen) atoms. The van der Waals surface area contributed by atoms with Crippen molar-refractivity contribution in [3.8, 4) is 0 Å². The van der Waals surface area contributed by atoms with Crippen LogP contribution in [-0.2, 0) is 0 Å². The fourth-order valence-corrected chi connectivity index (χ4v) is 27.6. The van der Waals surface area contributed by atoms with E-state index in [9.17, 15) is 0 Å². The van der Waals surface area contributed by atoms with E-state index in [1.54, 1.807) is 22.3 Å². The zero-order valence-electron chi connectivity index (χ0n) is 43.0. The molecular weight excluding hydrogens is 929 g/mol. The van der Waals surface area contributed by atoms with E-state index in [1.807, 2.05) is 0 Å². The van der Waals surface area contributed by atoms with Crippen LogP contribution >= 0.6 is 0 Å². The Kier molecular flexibility index (Phi) is 5.31. The van der Waals surface area contributed by atoms with Gasteiger partial charge in [-0.3, -0.25) is 19.9 Å². The molecule has 9 heterocycles. The molecule has 17 unspecified atom stereocenters. The Bertz CT molecular complexity index is 4850. The van der Waals surface area contributed by atoms with Crippen molar-refractivity contribution in [2.75, 3.05) is 0 Å². The van der Waals surface area contributed by atoms with Gasteiger partial charge in [-0.05, 0) is 237 Å². The molecule has 0 radical (unpaired) electrons. The summed E-state index contributed by atoms with van der Waals surface area (Å²) in [5, 5.41) is 14.5. The highest BCUT2D eigenvalue weighted by Gasteiger charge is 2.74. The topological polar surface area (TPSA) is 73.5 Å². The van der Waals surface area contributed by atoms with E-state index in [2.05, 4.69) is 45.7 Å². The summed E-state index contributed by atoms with van der Waals surface area (Å²) in [4.78, 5) is 22.8. The molecule has 3 spiro atoms. The van der Waals surface area contributed by atoms with Gasteiger partial charge in [-0.25, -0.2) is 0 Å². The minimum atomic E-state index is 0.556. The number of nitrogens with zero attached hydrogens (tertiary/aromatic N) is 6. The molecular formula is C69H58N6O. The quantitative estimate of drug-likeness (QED) is 0.151. The summed E-state index contributed by atoms with van der Waals surface area (Å²) in [6.45, 7) is 0. The zero-order chi connectivity index (χ0) is 47.4. The average Bonchev–Trinajstić information content (AvgIpc) is 4.41. The Morgan fingerprint density at radius 2 is 0.868 bits per heavy atom. The lowest BCUT2D eigenvalue weighted by Crippen LogP contribution is -2.59. The van der Waals surface area contributed by atoms with Gasteiger partial charge in [-0.2, -0.15) is 0 Å². The lowest BCUT2D eigenvalue weighted by atomic mass is 9.37. The minimum absolute atomic E-state index is 0.556. The van der Waals surface area contributed by atoms with E-state index in [4.69, 9.17) is 24.4 Å². The summed E-state index contributed by atoms with van der Waals surface area (Å²) >= 11 is 0. The molecule has 16 aliphatic rings. The smallest absolute Gasteiger partial charge is 0.145 e. The fraction of sp³-hybridized carbons (Fsp3) is 0.536. The number of benzene rings is 2. The van der Waals surface area contributed by atoms with Gasteiger partial charge in [0.15, 0.2) is 0 Å². The van der Waals surface area contributed by atoms with Crippen molar-refractivity contribution in [2.45, 2.75) is 163 Å². The van der Waals surface area contributed by atoms with Gasteiger partial charge in [0.1, 0.15) is 11.2 Å². The van der Waals surface area contributed by atoms with Gasteiger partial charge in [-0.1, -0.05) is 0 Å². The van der Waals surface area contributed by atoms with Gasteiger partial charge in [0.25, 0.3) is 0 Å². The van der Waals surface area contributed by atoms with Crippen molar-refractivity contribution in [1.82, 2.24) is 28.7 Å². The first-order valence-electron chi connectivity index (χ1n) is 31.3. The Morgan fingerprint density at radius 3 is 1.54 bits per heavy atom. The van der Waals surface area contributed by atoms with Gasteiger partial charge in [0.2, 0.25) is 0 Å². The van der Waals surface area contributed by atoms with E-state index in [-0.39, 0.29) is 0 Å². The molecule has 11 fully saturated rings. The molecule has 0 N–H and O–H groups in total. The summed E-state index contributed by atoms with van der Waals surface area (Å²) in [5.41, 5.74) is 24.5. The van der Waals surface area contributed by atoms with Crippen LogP contribution in [0.15, 0.2) is 41.3 Å². The van der Waals surface area contributed by atoms with E-state index in [1.165, 1.54) is 225 Å². The van der Waals surface area contributed by atoms with Crippen molar-refractivity contribution >= 4 is 98.1 Å². The molecule has 27 rings (SSSR count). The van der Waals surface area contributed by atoms with Crippen LogP contribution in [-0.4, -0.2) is 28.7 Å². The molecule has 16 aliphatic carbocycles. The summed E-state index contributed by atoms with van der Waals surface area (Å²) in [6.07, 6.45) is 34.3. The molecule has 9 aromatic heterocycles. The number of hydrogen-bond acceptors (Lipinski definition) is 5. The number of pyridine rings is 4. The van der Waals surface area contributed by atoms with E-state index < -0.39 is 0 Å². The van der Waals surface area contributed by atoms with Crippen LogP contribution in [0.1, 0.15) is 208 Å². The van der Waals surface area contributed by atoms with Crippen LogP contribution in [0.25, 0.3) is 98.1 Å². The molecule has 11 saturated carbocycles. The molecule has 0 saturated heterocycles. The molecule has 2 aromatic carbocycles. The Balaban J connectivity index is 0.874. The highest BCUT2D eigenvalue weighted by atomic mass is 16.3. The van der Waals surface area contributed by atoms with Crippen molar-refractivity contribution in [3.05, 3.63) is 81.9 Å². The van der Waals surface area contributed by atoms with Crippen LogP contribution in [0.2, 0.25) is 0 Å². The van der Waals surface area contributed by atoms with Crippen LogP contribution in [0.5, 0.6) is 0 Å². The summed E-state index contributed by atoms with van der Waals surface area (Å²) in [6, 6.07) is 5.32. The second kappa shape index (κ2) is 10.8. The second-order valence-corrected chi connectivity index (χ2v) is 30.9. The summed E-state index contributed by atoms with van der Waals surface area (Å²) in [5.74, 6) is 12.0. The van der Waals surface area contributed by atoms with Crippen molar-refractivity contribution < 1.29 is 4.42 Å². The lowest BCUT2D eigenvalue weighted by molar-refractivity contribution is -0.147. The second-order valence-electron chi connectivity index (χ2n) is 30.9. The van der Waals surface area contributed by atoms with Crippen LogP contribution < -0.4 is 0 Å². The van der Waals surface area contributed by atoms with E-state index >= 15 is 0 Å². The maximum atomic E-state index is 8.05. The number of aromatic nitrogens is 6. The third kappa shape index (κ3) is 3.31. The zero-order valence-corrected chi connectivity index (χ0v) is 43.0. The standard InChI is InChI=1S/C69H58N6O/c1-25-2-27-3-26(1)5-28(4-25)60-49(27)57-47(24-70-60)75-44-21-72-62-42-13-37-11-35-7-30(19-68(35,37)42)50(62)53(44)39-15-41-55-48(76-66(41)59(57)65(39)75)16-40-54-45(22-73-63-43-14-38-12-36-8-31(51(54)63)20-69(36,38)43)74-46-23-71-61-32-9-34-10-33-6-29(17-67(33,34)18-32)52(61)56(46)58(55)64(40)74/h15-16,21-38,42-43H,1-14,17-20H2. The van der Waals surface area contributed by atoms with Gasteiger partial charge in [0, 0.05) is 94.9 Å². The molecule has 0 amide bonds. The van der Waals surface area contributed by atoms with Gasteiger partial charge < -0.3 is 13.2 Å². The normalized spacial score (nSPS) is 43.8. The molecule has 0 aliphatic heterocycles. The third-order valence-electron chi connectivity index (χ3n) is 29.6. The van der Waals surface area contributed by atoms with Crippen LogP contribution in [0.3, 0.4) is 0 Å².